The van der Waals surface area contributed by atoms with Crippen molar-refractivity contribution in [2.45, 2.75) is 37.1 Å². The second-order valence-corrected chi connectivity index (χ2v) is 9.02. The third-order valence-corrected chi connectivity index (χ3v) is 7.05. The lowest BCUT2D eigenvalue weighted by molar-refractivity contribution is 0.204. The molecule has 3 aromatic rings. The van der Waals surface area contributed by atoms with Gasteiger partial charge < -0.3 is 9.26 Å². The van der Waals surface area contributed by atoms with Crippen LogP contribution >= 0.6 is 0 Å². The number of aryl methyl sites for hydroxylation is 1. The normalized spacial score (nSPS) is 17.9. The van der Waals surface area contributed by atoms with E-state index in [1.807, 2.05) is 31.2 Å². The van der Waals surface area contributed by atoms with E-state index in [0.29, 0.717) is 30.4 Å². The molecule has 2 heterocycles. The zero-order valence-corrected chi connectivity index (χ0v) is 17.2. The molecule has 1 unspecified atom stereocenters. The van der Waals surface area contributed by atoms with Crippen LogP contribution in [0, 0.1) is 6.92 Å². The summed E-state index contributed by atoms with van der Waals surface area (Å²) in [7, 11) is -2.15. The number of methoxy groups -OCH3 is 1. The Kier molecular flexibility index (Phi) is 5.38. The van der Waals surface area contributed by atoms with Gasteiger partial charge in [0.2, 0.25) is 21.7 Å². The first-order valence-electron chi connectivity index (χ1n) is 9.55. The summed E-state index contributed by atoms with van der Waals surface area (Å²) in [6.07, 6.45) is 2.34. The highest BCUT2D eigenvalue weighted by atomic mass is 32.2. The third kappa shape index (κ3) is 3.90. The van der Waals surface area contributed by atoms with Crippen molar-refractivity contribution in [1.82, 2.24) is 14.4 Å². The summed E-state index contributed by atoms with van der Waals surface area (Å²) in [6, 6.07) is 13.8. The quantitative estimate of drug-likeness (QED) is 0.629. The molecule has 152 valence electrons. The fourth-order valence-electron chi connectivity index (χ4n) is 3.59. The molecule has 1 aliphatic heterocycles. The highest BCUT2D eigenvalue weighted by molar-refractivity contribution is 7.89. The van der Waals surface area contributed by atoms with Crippen LogP contribution < -0.4 is 4.74 Å². The van der Waals surface area contributed by atoms with E-state index in [4.69, 9.17) is 9.26 Å². The number of aromatic nitrogens is 2. The molecule has 1 saturated heterocycles. The predicted octanol–water partition coefficient (Wildman–Crippen LogP) is 3.97. The average Bonchev–Trinajstić information content (AvgIpc) is 3.24. The number of ether oxygens (including phenoxy) is 1. The van der Waals surface area contributed by atoms with Crippen molar-refractivity contribution in [2.24, 2.45) is 0 Å². The highest BCUT2D eigenvalue weighted by Crippen LogP contribution is 2.35. The average molecular weight is 413 g/mol. The van der Waals surface area contributed by atoms with Gasteiger partial charge in [-0.3, -0.25) is 0 Å². The fourth-order valence-corrected chi connectivity index (χ4v) is 5.25. The molecule has 2 aromatic carbocycles. The monoisotopic (exact) mass is 413 g/mol. The van der Waals surface area contributed by atoms with Crippen molar-refractivity contribution in [3.63, 3.8) is 0 Å². The van der Waals surface area contributed by atoms with Crippen LogP contribution in [0.2, 0.25) is 0 Å². The SMILES string of the molecule is COc1ccc(S(=O)(=O)N2CCCCC2c2nc(-c3cccc(C)c3)no2)cc1. The van der Waals surface area contributed by atoms with Crippen LogP contribution in [0.4, 0.5) is 0 Å². The summed E-state index contributed by atoms with van der Waals surface area (Å²) in [5, 5.41) is 4.09. The van der Waals surface area contributed by atoms with Gasteiger partial charge in [-0.05, 0) is 50.1 Å². The molecule has 1 atom stereocenters. The van der Waals surface area contributed by atoms with Crippen molar-refractivity contribution >= 4 is 10.0 Å². The summed E-state index contributed by atoms with van der Waals surface area (Å²) >= 11 is 0. The van der Waals surface area contributed by atoms with Crippen molar-refractivity contribution in [1.29, 1.82) is 0 Å². The first-order chi connectivity index (χ1) is 14.0. The second kappa shape index (κ2) is 7.96. The maximum Gasteiger partial charge on any atom is 0.245 e. The Bertz CT molecular complexity index is 1090. The van der Waals surface area contributed by atoms with Gasteiger partial charge in [0.15, 0.2) is 0 Å². The van der Waals surface area contributed by atoms with Gasteiger partial charge in [-0.1, -0.05) is 35.3 Å². The lowest BCUT2D eigenvalue weighted by atomic mass is 10.1. The predicted molar refractivity (Wildman–Crippen MR) is 108 cm³/mol. The Balaban J connectivity index is 1.65. The molecule has 1 fully saturated rings. The number of rotatable bonds is 5. The Morgan fingerprint density at radius 1 is 1.14 bits per heavy atom. The Morgan fingerprint density at radius 2 is 1.93 bits per heavy atom. The van der Waals surface area contributed by atoms with E-state index >= 15 is 0 Å². The van der Waals surface area contributed by atoms with E-state index < -0.39 is 16.1 Å². The lowest BCUT2D eigenvalue weighted by Gasteiger charge is -2.32. The van der Waals surface area contributed by atoms with Gasteiger partial charge in [0.05, 0.1) is 12.0 Å². The zero-order chi connectivity index (χ0) is 20.4. The minimum atomic E-state index is -3.70. The number of hydrogen-bond donors (Lipinski definition) is 0. The molecule has 0 spiro atoms. The molecule has 0 N–H and O–H groups in total. The number of sulfonamides is 1. The summed E-state index contributed by atoms with van der Waals surface area (Å²) in [5.74, 6) is 1.41. The van der Waals surface area contributed by atoms with E-state index in [-0.39, 0.29) is 4.90 Å². The van der Waals surface area contributed by atoms with E-state index in [9.17, 15) is 8.42 Å². The van der Waals surface area contributed by atoms with Gasteiger partial charge >= 0.3 is 0 Å². The number of hydrogen-bond acceptors (Lipinski definition) is 6. The van der Waals surface area contributed by atoms with Crippen LogP contribution in [-0.2, 0) is 10.0 Å². The Hall–Kier alpha value is -2.71. The lowest BCUT2D eigenvalue weighted by Crippen LogP contribution is -2.38. The highest BCUT2D eigenvalue weighted by Gasteiger charge is 2.37. The molecule has 4 rings (SSSR count). The smallest absolute Gasteiger partial charge is 0.245 e. The molecule has 0 amide bonds. The topological polar surface area (TPSA) is 85.5 Å². The van der Waals surface area contributed by atoms with Gasteiger partial charge in [-0.15, -0.1) is 0 Å². The summed E-state index contributed by atoms with van der Waals surface area (Å²) in [4.78, 5) is 4.75. The van der Waals surface area contributed by atoms with Gasteiger partial charge in [-0.25, -0.2) is 8.42 Å². The molecule has 8 heteroatoms. The second-order valence-electron chi connectivity index (χ2n) is 7.13. The maximum atomic E-state index is 13.3. The fraction of sp³-hybridized carbons (Fsp3) is 0.333. The van der Waals surface area contributed by atoms with Gasteiger partial charge in [-0.2, -0.15) is 9.29 Å². The molecule has 0 aliphatic carbocycles. The number of benzene rings is 2. The van der Waals surface area contributed by atoms with E-state index in [1.165, 1.54) is 4.31 Å². The minimum Gasteiger partial charge on any atom is -0.497 e. The Labute approximate surface area is 170 Å². The number of piperidine rings is 1. The first-order valence-corrected chi connectivity index (χ1v) is 11.0. The van der Waals surface area contributed by atoms with E-state index in [0.717, 1.165) is 24.0 Å². The van der Waals surface area contributed by atoms with Crippen molar-refractivity contribution < 1.29 is 17.7 Å². The molecule has 7 nitrogen and oxygen atoms in total. The summed E-state index contributed by atoms with van der Waals surface area (Å²) < 4.78 is 38.7. The minimum absolute atomic E-state index is 0.226. The van der Waals surface area contributed by atoms with Crippen LogP contribution in [0.5, 0.6) is 5.75 Å². The van der Waals surface area contributed by atoms with Crippen LogP contribution in [0.1, 0.15) is 36.8 Å². The third-order valence-electron chi connectivity index (χ3n) is 5.12. The van der Waals surface area contributed by atoms with Crippen LogP contribution in [0.15, 0.2) is 57.9 Å². The molecular weight excluding hydrogens is 390 g/mol. The molecule has 0 bridgehead atoms. The zero-order valence-electron chi connectivity index (χ0n) is 16.4. The van der Waals surface area contributed by atoms with Crippen LogP contribution in [0.25, 0.3) is 11.4 Å². The van der Waals surface area contributed by atoms with E-state index in [2.05, 4.69) is 10.1 Å². The van der Waals surface area contributed by atoms with Gasteiger partial charge in [0.25, 0.3) is 0 Å². The number of nitrogens with zero attached hydrogens (tertiary/aromatic N) is 3. The van der Waals surface area contributed by atoms with Gasteiger partial charge in [0, 0.05) is 12.1 Å². The maximum absolute atomic E-state index is 13.3. The standard InChI is InChI=1S/C21H23N3O4S/c1-15-6-5-7-16(14-15)20-22-21(28-23-20)19-8-3-4-13-24(19)29(25,26)18-11-9-17(27-2)10-12-18/h5-7,9-12,14,19H,3-4,8,13H2,1-2H3. The molecule has 0 radical (unpaired) electrons. The molecule has 1 aromatic heterocycles. The summed E-state index contributed by atoms with van der Waals surface area (Å²) in [5.41, 5.74) is 1.94. The largest absolute Gasteiger partial charge is 0.497 e. The van der Waals surface area contributed by atoms with E-state index in [1.54, 1.807) is 31.4 Å². The van der Waals surface area contributed by atoms with Crippen molar-refractivity contribution in [3.8, 4) is 17.1 Å². The van der Waals surface area contributed by atoms with Crippen LogP contribution in [-0.4, -0.2) is 36.5 Å². The van der Waals surface area contributed by atoms with Crippen molar-refractivity contribution in [2.75, 3.05) is 13.7 Å². The van der Waals surface area contributed by atoms with Crippen molar-refractivity contribution in [3.05, 3.63) is 60.0 Å². The Morgan fingerprint density at radius 3 is 2.66 bits per heavy atom. The van der Waals surface area contributed by atoms with Gasteiger partial charge in [0.1, 0.15) is 11.8 Å². The molecular formula is C21H23N3O4S. The van der Waals surface area contributed by atoms with Crippen LogP contribution in [0.3, 0.4) is 0 Å². The molecule has 0 saturated carbocycles. The first kappa shape index (κ1) is 19.6. The summed E-state index contributed by atoms with van der Waals surface area (Å²) in [6.45, 7) is 2.41. The molecule has 29 heavy (non-hydrogen) atoms. The molecule has 1 aliphatic rings.